The summed E-state index contributed by atoms with van der Waals surface area (Å²) in [6.45, 7) is 2.30. The number of nitrogens with zero attached hydrogens (tertiary/aromatic N) is 8. The first-order valence-corrected chi connectivity index (χ1v) is 12.6. The molecule has 1 aliphatic rings. The normalized spacial score (nSPS) is 15.8. The predicted octanol–water partition coefficient (Wildman–Crippen LogP) is 2.56. The van der Waals surface area contributed by atoms with Crippen molar-refractivity contribution >= 4 is 20.9 Å². The van der Waals surface area contributed by atoms with Crippen molar-refractivity contribution in [2.75, 3.05) is 18.8 Å². The van der Waals surface area contributed by atoms with Crippen LogP contribution in [-0.4, -0.2) is 61.1 Å². The smallest absolute Gasteiger partial charge is 0.214 e. The molecular formula is C23H24N8O2S. The zero-order chi connectivity index (χ0) is 23.9. The average molecular weight is 477 g/mol. The maximum absolute atomic E-state index is 12.5. The van der Waals surface area contributed by atoms with Crippen molar-refractivity contribution in [3.05, 3.63) is 49.1 Å². The van der Waals surface area contributed by atoms with Gasteiger partial charge in [-0.2, -0.15) is 19.8 Å². The third kappa shape index (κ3) is 3.74. The van der Waals surface area contributed by atoms with Crippen LogP contribution in [0.3, 0.4) is 0 Å². The van der Waals surface area contributed by atoms with E-state index < -0.39 is 15.6 Å². The highest BCUT2D eigenvalue weighted by molar-refractivity contribution is 7.89. The molecule has 5 rings (SSSR count). The van der Waals surface area contributed by atoms with Crippen LogP contribution in [0.4, 0.5) is 0 Å². The van der Waals surface area contributed by atoms with Gasteiger partial charge >= 0.3 is 0 Å². The monoisotopic (exact) mass is 476 g/mol. The van der Waals surface area contributed by atoms with Crippen molar-refractivity contribution in [2.45, 2.75) is 25.3 Å². The number of rotatable bonds is 7. The van der Waals surface area contributed by atoms with Gasteiger partial charge in [-0.05, 0) is 30.7 Å². The molecule has 10 nitrogen and oxygen atoms in total. The van der Waals surface area contributed by atoms with Crippen LogP contribution >= 0.6 is 0 Å². The fourth-order valence-corrected chi connectivity index (χ4v) is 6.01. The number of aromatic nitrogens is 6. The Morgan fingerprint density at radius 1 is 1.24 bits per heavy atom. The topological polar surface area (TPSA) is 123 Å². The van der Waals surface area contributed by atoms with E-state index in [0.29, 0.717) is 17.8 Å². The molecule has 4 aromatic rings. The lowest BCUT2D eigenvalue weighted by Gasteiger charge is -2.47. The number of hydrogen-bond acceptors (Lipinski definition) is 7. The quantitative estimate of drug-likeness (QED) is 0.402. The van der Waals surface area contributed by atoms with E-state index in [2.05, 4.69) is 16.2 Å². The van der Waals surface area contributed by atoms with Gasteiger partial charge in [-0.1, -0.05) is 6.92 Å². The van der Waals surface area contributed by atoms with Gasteiger partial charge in [0.05, 0.1) is 35.7 Å². The average Bonchev–Trinajstić information content (AvgIpc) is 3.45. The molecule has 0 atom stereocenters. The molecular weight excluding hydrogens is 452 g/mol. The Morgan fingerprint density at radius 2 is 2.06 bits per heavy atom. The van der Waals surface area contributed by atoms with Gasteiger partial charge in [0.15, 0.2) is 0 Å². The molecule has 11 heteroatoms. The molecule has 174 valence electrons. The number of fused-ring (bicyclic) bond motifs is 1. The summed E-state index contributed by atoms with van der Waals surface area (Å²) >= 11 is 0. The van der Waals surface area contributed by atoms with E-state index in [0.717, 1.165) is 22.2 Å². The molecule has 0 aliphatic carbocycles. The minimum absolute atomic E-state index is 0.101. The first kappa shape index (κ1) is 22.2. The Balaban J connectivity index is 1.55. The van der Waals surface area contributed by atoms with Gasteiger partial charge < -0.3 is 0 Å². The summed E-state index contributed by atoms with van der Waals surface area (Å²) in [6, 6.07) is 9.79. The summed E-state index contributed by atoms with van der Waals surface area (Å²) in [6.07, 6.45) is 7.90. The fraction of sp³-hybridized carbons (Fsp3) is 0.348. The first-order valence-electron chi connectivity index (χ1n) is 11.0. The third-order valence-corrected chi connectivity index (χ3v) is 8.09. The molecule has 0 unspecified atom stereocenters. The molecule has 0 spiro atoms. The van der Waals surface area contributed by atoms with Crippen molar-refractivity contribution < 1.29 is 8.42 Å². The van der Waals surface area contributed by atoms with E-state index in [4.69, 9.17) is 10.1 Å². The van der Waals surface area contributed by atoms with Crippen LogP contribution in [0.1, 0.15) is 19.8 Å². The Kier molecular flexibility index (Phi) is 5.42. The largest absolute Gasteiger partial charge is 0.275 e. The van der Waals surface area contributed by atoms with Gasteiger partial charge in [0.1, 0.15) is 16.9 Å². The maximum Gasteiger partial charge on any atom is 0.214 e. The van der Waals surface area contributed by atoms with Crippen LogP contribution in [0, 0.1) is 11.3 Å². The summed E-state index contributed by atoms with van der Waals surface area (Å²) in [5, 5.41) is 19.3. The van der Waals surface area contributed by atoms with E-state index in [1.54, 1.807) is 28.0 Å². The molecule has 1 saturated heterocycles. The zero-order valence-electron chi connectivity index (χ0n) is 19.0. The standard InChI is InChI=1S/C23H24N8O2S/c1-3-11-34(32,33)30-15-23(16-30,7-8-24)31-10-6-19(28-31)22-18-5-4-9-25-21(18)12-20(27-22)17-13-26-29(2)14-17/h4-6,9-10,12-14H,3,7,11,15-16H2,1-2H3. The molecule has 0 N–H and O–H groups in total. The zero-order valence-corrected chi connectivity index (χ0v) is 19.8. The minimum Gasteiger partial charge on any atom is -0.275 e. The highest BCUT2D eigenvalue weighted by atomic mass is 32.2. The highest BCUT2D eigenvalue weighted by Crippen LogP contribution is 2.36. The Labute approximate surface area is 197 Å². The number of pyridine rings is 2. The molecule has 0 saturated carbocycles. The van der Waals surface area contributed by atoms with Crippen molar-refractivity contribution in [2.24, 2.45) is 7.05 Å². The second kappa shape index (κ2) is 8.30. The summed E-state index contributed by atoms with van der Waals surface area (Å²) in [7, 11) is -1.48. The minimum atomic E-state index is -3.33. The van der Waals surface area contributed by atoms with Gasteiger partial charge in [-0.3, -0.25) is 14.3 Å². The van der Waals surface area contributed by atoms with Gasteiger partial charge in [-0.25, -0.2) is 13.4 Å². The molecule has 0 amide bonds. The van der Waals surface area contributed by atoms with Gasteiger partial charge in [-0.15, -0.1) is 0 Å². The third-order valence-electron chi connectivity index (χ3n) is 6.12. The first-order chi connectivity index (χ1) is 16.3. The SMILES string of the molecule is CCCS(=O)(=O)N1CC(CC#N)(n2ccc(-c3nc(-c4cnn(C)c4)cc4ncccc34)n2)C1. The van der Waals surface area contributed by atoms with E-state index in [1.807, 2.05) is 44.4 Å². The van der Waals surface area contributed by atoms with Crippen molar-refractivity contribution in [3.8, 4) is 28.7 Å². The van der Waals surface area contributed by atoms with Crippen molar-refractivity contribution in [1.29, 1.82) is 5.26 Å². The summed E-state index contributed by atoms with van der Waals surface area (Å²) in [5.74, 6) is 0.101. The fourth-order valence-electron chi connectivity index (χ4n) is 4.37. The Morgan fingerprint density at radius 3 is 2.76 bits per heavy atom. The lowest BCUT2D eigenvalue weighted by Crippen LogP contribution is -2.64. The van der Waals surface area contributed by atoms with Crippen LogP contribution in [0.15, 0.2) is 49.1 Å². The van der Waals surface area contributed by atoms with E-state index in [-0.39, 0.29) is 25.3 Å². The maximum atomic E-state index is 12.5. The van der Waals surface area contributed by atoms with Crippen LogP contribution in [0.2, 0.25) is 0 Å². The van der Waals surface area contributed by atoms with Crippen LogP contribution in [0.5, 0.6) is 0 Å². The molecule has 0 radical (unpaired) electrons. The van der Waals surface area contributed by atoms with E-state index >= 15 is 0 Å². The van der Waals surface area contributed by atoms with Crippen molar-refractivity contribution in [1.82, 2.24) is 33.8 Å². The van der Waals surface area contributed by atoms with Crippen LogP contribution in [-0.2, 0) is 22.6 Å². The van der Waals surface area contributed by atoms with Crippen molar-refractivity contribution in [3.63, 3.8) is 0 Å². The molecule has 0 aromatic carbocycles. The second-order valence-electron chi connectivity index (χ2n) is 8.62. The number of aryl methyl sites for hydroxylation is 1. The number of sulfonamides is 1. The highest BCUT2D eigenvalue weighted by Gasteiger charge is 2.49. The summed E-state index contributed by atoms with van der Waals surface area (Å²) in [5.41, 5.74) is 3.00. The van der Waals surface area contributed by atoms with Gasteiger partial charge in [0.25, 0.3) is 0 Å². The van der Waals surface area contributed by atoms with Crippen LogP contribution < -0.4 is 0 Å². The molecule has 1 fully saturated rings. The van der Waals surface area contributed by atoms with Gasteiger partial charge in [0.2, 0.25) is 10.0 Å². The molecule has 34 heavy (non-hydrogen) atoms. The van der Waals surface area contributed by atoms with E-state index in [1.165, 1.54) is 4.31 Å². The molecule has 5 heterocycles. The lowest BCUT2D eigenvalue weighted by atomic mass is 9.89. The Bertz CT molecular complexity index is 1510. The lowest BCUT2D eigenvalue weighted by molar-refractivity contribution is 0.0719. The number of nitriles is 1. The second-order valence-corrected chi connectivity index (χ2v) is 10.7. The van der Waals surface area contributed by atoms with Gasteiger partial charge in [0, 0.05) is 49.7 Å². The molecule has 4 aromatic heterocycles. The van der Waals surface area contributed by atoms with Crippen LogP contribution in [0.25, 0.3) is 33.5 Å². The number of hydrogen-bond donors (Lipinski definition) is 0. The molecule has 0 bridgehead atoms. The predicted molar refractivity (Wildman–Crippen MR) is 127 cm³/mol. The summed E-state index contributed by atoms with van der Waals surface area (Å²) < 4.78 is 29.8. The summed E-state index contributed by atoms with van der Waals surface area (Å²) in [4.78, 5) is 9.39. The molecule has 1 aliphatic heterocycles. The Hall–Kier alpha value is -3.62. The van der Waals surface area contributed by atoms with E-state index in [9.17, 15) is 13.7 Å².